The molecule has 2 atom stereocenters. The lowest BCUT2D eigenvalue weighted by atomic mass is 10.1. The summed E-state index contributed by atoms with van der Waals surface area (Å²) in [6.07, 6.45) is 3.41. The fourth-order valence-corrected chi connectivity index (χ4v) is 3.21. The molecule has 1 fully saturated rings. The maximum atomic E-state index is 12.6. The summed E-state index contributed by atoms with van der Waals surface area (Å²) in [7, 11) is 0. The second-order valence-corrected chi connectivity index (χ2v) is 6.44. The van der Waals surface area contributed by atoms with Crippen molar-refractivity contribution in [1.82, 2.24) is 25.5 Å². The first-order valence-electron chi connectivity index (χ1n) is 8.70. The average Bonchev–Trinajstić information content (AvgIpc) is 2.66. The lowest BCUT2D eigenvalue weighted by Crippen LogP contribution is -2.62. The molecule has 2 unspecified atom stereocenters. The van der Waals surface area contributed by atoms with Gasteiger partial charge in [-0.1, -0.05) is 24.3 Å². The SMILES string of the molecule is CC(=O)N1C(C)CNCC1C(=O)NCc1ccc(-c2ncccn2)cc1. The highest BCUT2D eigenvalue weighted by molar-refractivity contribution is 5.87. The molecule has 7 nitrogen and oxygen atoms in total. The van der Waals surface area contributed by atoms with E-state index in [1.165, 1.54) is 6.92 Å². The van der Waals surface area contributed by atoms with Crippen molar-refractivity contribution in [2.45, 2.75) is 32.5 Å². The summed E-state index contributed by atoms with van der Waals surface area (Å²) in [5.41, 5.74) is 1.90. The highest BCUT2D eigenvalue weighted by Gasteiger charge is 2.34. The van der Waals surface area contributed by atoms with Gasteiger partial charge in [0.2, 0.25) is 11.8 Å². The number of hydrogen-bond acceptors (Lipinski definition) is 5. The molecule has 2 N–H and O–H groups in total. The number of aromatic nitrogens is 2. The molecule has 1 saturated heterocycles. The summed E-state index contributed by atoms with van der Waals surface area (Å²) in [6, 6.07) is 9.05. The first-order valence-corrected chi connectivity index (χ1v) is 8.70. The Hall–Kier alpha value is -2.80. The van der Waals surface area contributed by atoms with E-state index in [2.05, 4.69) is 20.6 Å². The second-order valence-electron chi connectivity index (χ2n) is 6.44. The van der Waals surface area contributed by atoms with E-state index in [1.54, 1.807) is 23.4 Å². The Labute approximate surface area is 152 Å². The van der Waals surface area contributed by atoms with Crippen LogP contribution in [0.25, 0.3) is 11.4 Å². The van der Waals surface area contributed by atoms with Crippen molar-refractivity contribution in [3.8, 4) is 11.4 Å². The Morgan fingerprint density at radius 1 is 1.19 bits per heavy atom. The molecule has 2 amide bonds. The Morgan fingerprint density at radius 2 is 1.88 bits per heavy atom. The third-order valence-electron chi connectivity index (χ3n) is 4.50. The first kappa shape index (κ1) is 18.0. The predicted molar refractivity (Wildman–Crippen MR) is 98.0 cm³/mol. The molecule has 2 heterocycles. The van der Waals surface area contributed by atoms with E-state index in [9.17, 15) is 9.59 Å². The number of rotatable bonds is 4. The largest absolute Gasteiger partial charge is 0.350 e. The average molecular weight is 353 g/mol. The van der Waals surface area contributed by atoms with Crippen molar-refractivity contribution >= 4 is 11.8 Å². The van der Waals surface area contributed by atoms with E-state index in [0.29, 0.717) is 25.5 Å². The number of carbonyl (C=O) groups excluding carboxylic acids is 2. The lowest BCUT2D eigenvalue weighted by Gasteiger charge is -2.39. The van der Waals surface area contributed by atoms with Crippen molar-refractivity contribution in [3.05, 3.63) is 48.3 Å². The van der Waals surface area contributed by atoms with Crippen molar-refractivity contribution in [1.29, 1.82) is 0 Å². The van der Waals surface area contributed by atoms with Gasteiger partial charge in [-0.25, -0.2) is 9.97 Å². The van der Waals surface area contributed by atoms with Gasteiger partial charge in [0.1, 0.15) is 6.04 Å². The van der Waals surface area contributed by atoms with Crippen molar-refractivity contribution in [2.75, 3.05) is 13.1 Å². The molecule has 0 saturated carbocycles. The maximum absolute atomic E-state index is 12.6. The quantitative estimate of drug-likeness (QED) is 0.855. The summed E-state index contributed by atoms with van der Waals surface area (Å²) in [5.74, 6) is 0.448. The van der Waals surface area contributed by atoms with Crippen LogP contribution >= 0.6 is 0 Å². The molecule has 136 valence electrons. The van der Waals surface area contributed by atoms with Crippen LogP contribution in [0.4, 0.5) is 0 Å². The Balaban J connectivity index is 1.61. The van der Waals surface area contributed by atoms with Crippen LogP contribution in [0, 0.1) is 0 Å². The zero-order valence-electron chi connectivity index (χ0n) is 15.0. The van der Waals surface area contributed by atoms with E-state index in [1.807, 2.05) is 31.2 Å². The molecular formula is C19H23N5O2. The number of carbonyl (C=O) groups is 2. The molecule has 26 heavy (non-hydrogen) atoms. The third kappa shape index (κ3) is 4.05. The van der Waals surface area contributed by atoms with Crippen LogP contribution in [0.2, 0.25) is 0 Å². The molecule has 7 heteroatoms. The summed E-state index contributed by atoms with van der Waals surface area (Å²) in [5, 5.41) is 6.13. The number of hydrogen-bond donors (Lipinski definition) is 2. The van der Waals surface area contributed by atoms with Gasteiger partial charge in [-0.05, 0) is 18.6 Å². The van der Waals surface area contributed by atoms with Gasteiger partial charge in [0, 0.05) is 50.6 Å². The van der Waals surface area contributed by atoms with Gasteiger partial charge in [-0.2, -0.15) is 0 Å². The Kier molecular flexibility index (Phi) is 5.58. The normalized spacial score (nSPS) is 19.8. The van der Waals surface area contributed by atoms with Crippen molar-refractivity contribution < 1.29 is 9.59 Å². The monoisotopic (exact) mass is 353 g/mol. The smallest absolute Gasteiger partial charge is 0.244 e. The summed E-state index contributed by atoms with van der Waals surface area (Å²) in [6.45, 7) is 5.03. The number of piperazine rings is 1. The minimum atomic E-state index is -0.478. The Bertz CT molecular complexity index is 763. The maximum Gasteiger partial charge on any atom is 0.244 e. The molecule has 0 spiro atoms. The molecule has 1 aromatic heterocycles. The second kappa shape index (κ2) is 8.05. The number of amides is 2. The highest BCUT2D eigenvalue weighted by Crippen LogP contribution is 2.15. The lowest BCUT2D eigenvalue weighted by molar-refractivity contribution is -0.142. The van der Waals surface area contributed by atoms with Gasteiger partial charge in [0.15, 0.2) is 5.82 Å². The van der Waals surface area contributed by atoms with E-state index in [4.69, 9.17) is 0 Å². The van der Waals surface area contributed by atoms with Crippen LogP contribution in [-0.4, -0.2) is 51.9 Å². The molecular weight excluding hydrogens is 330 g/mol. The number of nitrogens with one attached hydrogen (secondary N) is 2. The number of nitrogens with zero attached hydrogens (tertiary/aromatic N) is 3. The van der Waals surface area contributed by atoms with Gasteiger partial charge in [0.25, 0.3) is 0 Å². The first-order chi connectivity index (χ1) is 12.6. The standard InChI is InChI=1S/C19H23N5O2/c1-13-10-20-12-17(24(13)14(2)25)19(26)23-11-15-4-6-16(7-5-15)18-21-8-3-9-22-18/h3-9,13,17,20H,10-12H2,1-2H3,(H,23,26). The molecule has 1 aromatic carbocycles. The summed E-state index contributed by atoms with van der Waals surface area (Å²) in [4.78, 5) is 34.5. The number of benzene rings is 1. The third-order valence-corrected chi connectivity index (χ3v) is 4.50. The van der Waals surface area contributed by atoms with Crippen LogP contribution < -0.4 is 10.6 Å². The van der Waals surface area contributed by atoms with Crippen LogP contribution in [0.3, 0.4) is 0 Å². The zero-order chi connectivity index (χ0) is 18.5. The minimum absolute atomic E-state index is 0.00200. The van der Waals surface area contributed by atoms with Crippen LogP contribution in [0.15, 0.2) is 42.7 Å². The van der Waals surface area contributed by atoms with Gasteiger partial charge >= 0.3 is 0 Å². The summed E-state index contributed by atoms with van der Waals surface area (Å²) >= 11 is 0. The molecule has 1 aliphatic heterocycles. The molecule has 3 rings (SSSR count). The molecule has 0 radical (unpaired) electrons. The van der Waals surface area contributed by atoms with E-state index < -0.39 is 6.04 Å². The molecule has 2 aromatic rings. The van der Waals surface area contributed by atoms with Crippen molar-refractivity contribution in [3.63, 3.8) is 0 Å². The van der Waals surface area contributed by atoms with Crippen LogP contribution in [0.1, 0.15) is 19.4 Å². The topological polar surface area (TPSA) is 87.2 Å². The highest BCUT2D eigenvalue weighted by atomic mass is 16.2. The molecule has 0 bridgehead atoms. The van der Waals surface area contributed by atoms with Gasteiger partial charge < -0.3 is 15.5 Å². The zero-order valence-corrected chi connectivity index (χ0v) is 15.0. The van der Waals surface area contributed by atoms with Gasteiger partial charge in [-0.15, -0.1) is 0 Å². The van der Waals surface area contributed by atoms with Gasteiger partial charge in [-0.3, -0.25) is 9.59 Å². The molecule has 0 aliphatic carbocycles. The van der Waals surface area contributed by atoms with Crippen LogP contribution in [-0.2, 0) is 16.1 Å². The van der Waals surface area contributed by atoms with E-state index >= 15 is 0 Å². The fourth-order valence-electron chi connectivity index (χ4n) is 3.21. The predicted octanol–water partition coefficient (Wildman–Crippen LogP) is 0.969. The summed E-state index contributed by atoms with van der Waals surface area (Å²) < 4.78 is 0. The van der Waals surface area contributed by atoms with E-state index in [0.717, 1.165) is 11.1 Å². The van der Waals surface area contributed by atoms with Crippen molar-refractivity contribution in [2.24, 2.45) is 0 Å². The van der Waals surface area contributed by atoms with E-state index in [-0.39, 0.29) is 17.9 Å². The fraction of sp³-hybridized carbons (Fsp3) is 0.368. The van der Waals surface area contributed by atoms with Gasteiger partial charge in [0.05, 0.1) is 0 Å². The van der Waals surface area contributed by atoms with Crippen LogP contribution in [0.5, 0.6) is 0 Å². The minimum Gasteiger partial charge on any atom is -0.350 e. The molecule has 1 aliphatic rings. The Morgan fingerprint density at radius 3 is 2.54 bits per heavy atom.